The number of phenolic OH excluding ortho intramolecular Hbond substituents is 3. The van der Waals surface area contributed by atoms with Gasteiger partial charge in [0.2, 0.25) is 5.75 Å². The minimum Gasteiger partial charge on any atom is -0.504 e. The Morgan fingerprint density at radius 2 is 1.76 bits per heavy atom. The normalized spacial score (nSPS) is 11.3. The molecule has 0 aliphatic heterocycles. The second kappa shape index (κ2) is 9.32. The first-order valence-electron chi connectivity index (χ1n) is 9.11. The van der Waals surface area contributed by atoms with E-state index >= 15 is 0 Å². The van der Waals surface area contributed by atoms with Crippen molar-refractivity contribution in [3.63, 3.8) is 0 Å². The molecular formula is C20H18N4O8S. The Kier molecular flexibility index (Phi) is 6.53. The van der Waals surface area contributed by atoms with Gasteiger partial charge in [-0.25, -0.2) is 8.42 Å². The highest BCUT2D eigenvalue weighted by Gasteiger charge is 2.24. The molecule has 0 saturated heterocycles. The number of benzene rings is 3. The lowest BCUT2D eigenvalue weighted by Crippen LogP contribution is -2.15. The predicted molar refractivity (Wildman–Crippen MR) is 120 cm³/mol. The molecule has 33 heavy (non-hydrogen) atoms. The van der Waals surface area contributed by atoms with Crippen LogP contribution in [0, 0.1) is 10.1 Å². The second-order valence-electron chi connectivity index (χ2n) is 6.48. The minimum atomic E-state index is -4.34. The van der Waals surface area contributed by atoms with E-state index in [0.29, 0.717) is 0 Å². The molecule has 0 aliphatic rings. The van der Waals surface area contributed by atoms with Crippen LogP contribution in [0.25, 0.3) is 0 Å². The van der Waals surface area contributed by atoms with Crippen molar-refractivity contribution in [1.82, 2.24) is 0 Å². The zero-order valence-corrected chi connectivity index (χ0v) is 17.8. The monoisotopic (exact) mass is 474 g/mol. The van der Waals surface area contributed by atoms with Gasteiger partial charge in [-0.05, 0) is 30.3 Å². The Labute approximate surface area is 187 Å². The number of non-ortho nitro benzene ring substituents is 1. The van der Waals surface area contributed by atoms with Gasteiger partial charge in [0.05, 0.1) is 29.6 Å². The zero-order chi connectivity index (χ0) is 24.2. The van der Waals surface area contributed by atoms with Crippen LogP contribution in [0.1, 0.15) is 5.56 Å². The first kappa shape index (κ1) is 23.1. The van der Waals surface area contributed by atoms with E-state index in [9.17, 15) is 33.9 Å². The highest BCUT2D eigenvalue weighted by molar-refractivity contribution is 7.93. The first-order chi connectivity index (χ1) is 15.6. The molecule has 3 rings (SSSR count). The van der Waals surface area contributed by atoms with E-state index in [1.54, 1.807) is 12.1 Å². The summed E-state index contributed by atoms with van der Waals surface area (Å²) in [6.07, 6.45) is 1.06. The van der Waals surface area contributed by atoms with E-state index in [1.807, 2.05) is 0 Å². The summed E-state index contributed by atoms with van der Waals surface area (Å²) in [5.41, 5.74) is 2.00. The number of sulfonamides is 1. The SMILES string of the molecule is COc1ccccc1NS(=O)(=O)c1cc([N+](=O)[O-])ccc1N/N=C/c1ccc(O)c(O)c1O. The molecule has 12 nitrogen and oxygen atoms in total. The van der Waals surface area contributed by atoms with Crippen molar-refractivity contribution < 1.29 is 33.4 Å². The number of hydrazone groups is 1. The van der Waals surface area contributed by atoms with E-state index in [4.69, 9.17) is 4.74 Å². The molecule has 0 aromatic heterocycles. The summed E-state index contributed by atoms with van der Waals surface area (Å²) in [7, 11) is -2.98. The maximum atomic E-state index is 13.1. The van der Waals surface area contributed by atoms with Gasteiger partial charge in [-0.1, -0.05) is 12.1 Å². The average molecular weight is 474 g/mol. The molecule has 3 aromatic carbocycles. The number of ether oxygens (including phenoxy) is 1. The van der Waals surface area contributed by atoms with Crippen LogP contribution in [-0.2, 0) is 10.0 Å². The van der Waals surface area contributed by atoms with Crippen molar-refractivity contribution in [3.8, 4) is 23.0 Å². The largest absolute Gasteiger partial charge is 0.504 e. The van der Waals surface area contributed by atoms with Crippen molar-refractivity contribution in [2.45, 2.75) is 4.90 Å². The molecule has 13 heteroatoms. The maximum absolute atomic E-state index is 13.1. The number of phenols is 3. The molecule has 0 atom stereocenters. The molecule has 0 spiro atoms. The number of hydrogen-bond acceptors (Lipinski definition) is 10. The van der Waals surface area contributed by atoms with Crippen molar-refractivity contribution in [1.29, 1.82) is 0 Å². The number of nitrogens with zero attached hydrogens (tertiary/aromatic N) is 2. The number of nitro benzene ring substituents is 1. The van der Waals surface area contributed by atoms with Crippen LogP contribution < -0.4 is 14.9 Å². The Bertz CT molecular complexity index is 1340. The molecule has 0 unspecified atom stereocenters. The molecule has 172 valence electrons. The van der Waals surface area contributed by atoms with Crippen LogP contribution in [0.5, 0.6) is 23.0 Å². The Hall–Kier alpha value is -4.52. The number of nitro groups is 1. The Morgan fingerprint density at radius 1 is 1.03 bits per heavy atom. The smallest absolute Gasteiger partial charge is 0.270 e. The van der Waals surface area contributed by atoms with Crippen molar-refractivity contribution in [2.75, 3.05) is 17.3 Å². The summed E-state index contributed by atoms with van der Waals surface area (Å²) < 4.78 is 33.6. The van der Waals surface area contributed by atoms with Gasteiger partial charge in [0, 0.05) is 17.7 Å². The number of para-hydroxylation sites is 2. The van der Waals surface area contributed by atoms with Crippen LogP contribution in [0.3, 0.4) is 0 Å². The third-order valence-electron chi connectivity index (χ3n) is 4.37. The molecule has 3 aromatic rings. The van der Waals surface area contributed by atoms with Crippen LogP contribution in [0.4, 0.5) is 17.1 Å². The van der Waals surface area contributed by atoms with Gasteiger partial charge >= 0.3 is 0 Å². The van der Waals surface area contributed by atoms with Crippen molar-refractivity contribution >= 4 is 33.3 Å². The maximum Gasteiger partial charge on any atom is 0.270 e. The van der Waals surface area contributed by atoms with Crippen LogP contribution >= 0.6 is 0 Å². The molecule has 0 amide bonds. The Morgan fingerprint density at radius 3 is 2.45 bits per heavy atom. The van der Waals surface area contributed by atoms with E-state index in [-0.39, 0.29) is 22.7 Å². The van der Waals surface area contributed by atoms with E-state index in [2.05, 4.69) is 15.2 Å². The lowest BCUT2D eigenvalue weighted by atomic mass is 10.2. The van der Waals surface area contributed by atoms with Gasteiger partial charge in [0.15, 0.2) is 11.5 Å². The highest BCUT2D eigenvalue weighted by atomic mass is 32.2. The lowest BCUT2D eigenvalue weighted by Gasteiger charge is -2.14. The number of rotatable bonds is 8. The van der Waals surface area contributed by atoms with Gasteiger partial charge in [-0.3, -0.25) is 20.3 Å². The fraction of sp³-hybridized carbons (Fsp3) is 0.0500. The van der Waals surface area contributed by atoms with E-state index < -0.39 is 42.8 Å². The number of aromatic hydroxyl groups is 3. The lowest BCUT2D eigenvalue weighted by molar-refractivity contribution is -0.385. The molecule has 0 radical (unpaired) electrons. The average Bonchev–Trinajstić information content (AvgIpc) is 2.79. The number of methoxy groups -OCH3 is 1. The molecule has 0 aliphatic carbocycles. The fourth-order valence-corrected chi connectivity index (χ4v) is 3.98. The van der Waals surface area contributed by atoms with E-state index in [1.165, 1.54) is 25.3 Å². The molecule has 5 N–H and O–H groups in total. The fourth-order valence-electron chi connectivity index (χ4n) is 2.73. The third kappa shape index (κ3) is 5.04. The minimum absolute atomic E-state index is 0.0104. The zero-order valence-electron chi connectivity index (χ0n) is 17.0. The molecule has 0 bridgehead atoms. The van der Waals surface area contributed by atoms with Crippen molar-refractivity contribution in [3.05, 3.63) is 70.3 Å². The third-order valence-corrected chi connectivity index (χ3v) is 5.77. The van der Waals surface area contributed by atoms with E-state index in [0.717, 1.165) is 30.5 Å². The summed E-state index contributed by atoms with van der Waals surface area (Å²) in [6, 6.07) is 11.7. The topological polar surface area (TPSA) is 184 Å². The second-order valence-corrected chi connectivity index (χ2v) is 8.14. The number of hydrogen-bond donors (Lipinski definition) is 5. The summed E-state index contributed by atoms with van der Waals surface area (Å²) in [6.45, 7) is 0. The molecule has 0 saturated carbocycles. The Balaban J connectivity index is 1.98. The van der Waals surface area contributed by atoms with Gasteiger partial charge in [0.25, 0.3) is 15.7 Å². The first-order valence-corrected chi connectivity index (χ1v) is 10.6. The van der Waals surface area contributed by atoms with Gasteiger partial charge in [-0.2, -0.15) is 5.10 Å². The van der Waals surface area contributed by atoms with Gasteiger partial charge in [0.1, 0.15) is 10.6 Å². The quantitative estimate of drug-likeness (QED) is 0.142. The van der Waals surface area contributed by atoms with Gasteiger partial charge < -0.3 is 20.1 Å². The van der Waals surface area contributed by atoms with Crippen molar-refractivity contribution in [2.24, 2.45) is 5.10 Å². The van der Waals surface area contributed by atoms with Gasteiger partial charge in [-0.15, -0.1) is 0 Å². The summed E-state index contributed by atoms with van der Waals surface area (Å²) in [5.74, 6) is -1.70. The van der Waals surface area contributed by atoms with Crippen LogP contribution in [0.2, 0.25) is 0 Å². The molecular weight excluding hydrogens is 456 g/mol. The van der Waals surface area contributed by atoms with Crippen LogP contribution in [-0.4, -0.2) is 42.0 Å². The summed E-state index contributed by atoms with van der Waals surface area (Å²) in [4.78, 5) is 9.98. The number of anilines is 2. The predicted octanol–water partition coefficient (Wildman–Crippen LogP) is 2.97. The number of nitrogens with one attached hydrogen (secondary N) is 2. The molecule has 0 heterocycles. The highest BCUT2D eigenvalue weighted by Crippen LogP contribution is 2.36. The molecule has 0 fully saturated rings. The summed E-state index contributed by atoms with van der Waals surface area (Å²) in [5, 5.41) is 43.8. The summed E-state index contributed by atoms with van der Waals surface area (Å²) >= 11 is 0. The standard InChI is InChI=1S/C20H18N4O8S/c1-32-17-5-3-2-4-14(17)23-33(30,31)18-10-13(24(28)29)7-8-15(18)22-21-11-12-6-9-16(25)20(27)19(12)26/h2-11,22-23,25-27H,1H3/b21-11+. The van der Waals surface area contributed by atoms with Crippen LogP contribution in [0.15, 0.2) is 64.6 Å².